The number of nitrogens with one attached hydrogen (secondary N) is 2. The molecule has 2 N–H and O–H groups in total. The fourth-order valence-corrected chi connectivity index (χ4v) is 3.23. The summed E-state index contributed by atoms with van der Waals surface area (Å²) >= 11 is 0. The SMILES string of the molecule is CCN1CCC(CNc2ccc(S(=O)(=O)NC)cc2)C1. The average Bonchev–Trinajstić information content (AvgIpc) is 2.93. The number of benzene rings is 1. The first-order valence-electron chi connectivity index (χ1n) is 7.05. The van der Waals surface area contributed by atoms with Gasteiger partial charge in [-0.1, -0.05) is 6.92 Å². The molecule has 1 unspecified atom stereocenters. The van der Waals surface area contributed by atoms with Crippen molar-refractivity contribution in [2.75, 3.05) is 38.5 Å². The molecule has 1 fully saturated rings. The van der Waals surface area contributed by atoms with E-state index in [9.17, 15) is 8.42 Å². The van der Waals surface area contributed by atoms with Crippen molar-refractivity contribution >= 4 is 15.7 Å². The van der Waals surface area contributed by atoms with Crippen LogP contribution in [0, 0.1) is 5.92 Å². The minimum Gasteiger partial charge on any atom is -0.385 e. The van der Waals surface area contributed by atoms with Gasteiger partial charge in [-0.05, 0) is 56.7 Å². The number of rotatable bonds is 6. The van der Waals surface area contributed by atoms with Crippen molar-refractivity contribution in [1.29, 1.82) is 0 Å². The van der Waals surface area contributed by atoms with Gasteiger partial charge >= 0.3 is 0 Å². The smallest absolute Gasteiger partial charge is 0.240 e. The Labute approximate surface area is 121 Å². The predicted octanol–water partition coefficient (Wildman–Crippen LogP) is 1.35. The zero-order valence-corrected chi connectivity index (χ0v) is 12.9. The molecule has 0 spiro atoms. The van der Waals surface area contributed by atoms with Gasteiger partial charge in [-0.25, -0.2) is 13.1 Å². The first-order chi connectivity index (χ1) is 9.55. The van der Waals surface area contributed by atoms with Crippen LogP contribution in [0.5, 0.6) is 0 Å². The zero-order chi connectivity index (χ0) is 14.6. The van der Waals surface area contributed by atoms with E-state index >= 15 is 0 Å². The molecule has 6 heteroatoms. The second-order valence-corrected chi connectivity index (χ2v) is 7.05. The summed E-state index contributed by atoms with van der Waals surface area (Å²) in [5, 5.41) is 3.39. The van der Waals surface area contributed by atoms with E-state index in [1.165, 1.54) is 20.0 Å². The highest BCUT2D eigenvalue weighted by Gasteiger charge is 2.20. The third-order valence-electron chi connectivity index (χ3n) is 3.85. The maximum atomic E-state index is 11.6. The van der Waals surface area contributed by atoms with Crippen LogP contribution >= 0.6 is 0 Å². The summed E-state index contributed by atoms with van der Waals surface area (Å²) in [5.74, 6) is 0.677. The Morgan fingerprint density at radius 3 is 2.55 bits per heavy atom. The minimum absolute atomic E-state index is 0.295. The van der Waals surface area contributed by atoms with E-state index in [0.717, 1.165) is 25.3 Å². The summed E-state index contributed by atoms with van der Waals surface area (Å²) in [6.45, 7) is 6.58. The fourth-order valence-electron chi connectivity index (χ4n) is 2.50. The Morgan fingerprint density at radius 2 is 2.00 bits per heavy atom. The van der Waals surface area contributed by atoms with Gasteiger partial charge in [-0.3, -0.25) is 0 Å². The standard InChI is InChI=1S/C14H23N3O2S/c1-3-17-9-8-12(11-17)10-16-13-4-6-14(7-5-13)20(18,19)15-2/h4-7,12,15-16H,3,8-11H2,1-2H3. The second-order valence-electron chi connectivity index (χ2n) is 5.16. The molecule has 1 aromatic rings. The van der Waals surface area contributed by atoms with Gasteiger partial charge in [0.05, 0.1) is 4.90 Å². The summed E-state index contributed by atoms with van der Waals surface area (Å²) in [6.07, 6.45) is 1.23. The van der Waals surface area contributed by atoms with E-state index in [1.54, 1.807) is 12.1 Å². The van der Waals surface area contributed by atoms with Crippen molar-refractivity contribution in [2.24, 2.45) is 5.92 Å². The van der Waals surface area contributed by atoms with E-state index in [2.05, 4.69) is 21.9 Å². The van der Waals surface area contributed by atoms with Gasteiger partial charge < -0.3 is 10.2 Å². The molecule has 0 radical (unpaired) electrons. The number of nitrogens with zero attached hydrogens (tertiary/aromatic N) is 1. The van der Waals surface area contributed by atoms with Crippen molar-refractivity contribution in [2.45, 2.75) is 18.2 Å². The van der Waals surface area contributed by atoms with Crippen LogP contribution in [-0.4, -0.2) is 46.5 Å². The molecular weight excluding hydrogens is 274 g/mol. The molecule has 5 nitrogen and oxygen atoms in total. The monoisotopic (exact) mass is 297 g/mol. The molecule has 1 aliphatic rings. The average molecular weight is 297 g/mol. The topological polar surface area (TPSA) is 61.4 Å². The molecule has 0 aromatic heterocycles. The van der Waals surface area contributed by atoms with E-state index < -0.39 is 10.0 Å². The van der Waals surface area contributed by atoms with Crippen molar-refractivity contribution < 1.29 is 8.42 Å². The summed E-state index contributed by atoms with van der Waals surface area (Å²) in [6, 6.07) is 6.88. The Hall–Kier alpha value is -1.11. The maximum absolute atomic E-state index is 11.6. The first-order valence-corrected chi connectivity index (χ1v) is 8.53. The molecule has 20 heavy (non-hydrogen) atoms. The van der Waals surface area contributed by atoms with Crippen LogP contribution in [0.15, 0.2) is 29.2 Å². The van der Waals surface area contributed by atoms with Gasteiger partial charge in [0.15, 0.2) is 0 Å². The Balaban J connectivity index is 1.89. The number of anilines is 1. The van der Waals surface area contributed by atoms with Gasteiger partial charge in [-0.2, -0.15) is 0 Å². The largest absolute Gasteiger partial charge is 0.385 e. The minimum atomic E-state index is -3.34. The van der Waals surface area contributed by atoms with Crippen molar-refractivity contribution in [3.63, 3.8) is 0 Å². The highest BCUT2D eigenvalue weighted by atomic mass is 32.2. The zero-order valence-electron chi connectivity index (χ0n) is 12.1. The van der Waals surface area contributed by atoms with Crippen LogP contribution in [0.1, 0.15) is 13.3 Å². The highest BCUT2D eigenvalue weighted by Crippen LogP contribution is 2.18. The lowest BCUT2D eigenvalue weighted by Crippen LogP contribution is -2.22. The fraction of sp³-hybridized carbons (Fsp3) is 0.571. The molecule has 1 saturated heterocycles. The normalized spacial score (nSPS) is 20.2. The van der Waals surface area contributed by atoms with E-state index in [-0.39, 0.29) is 0 Å². The lowest BCUT2D eigenvalue weighted by molar-refractivity contribution is 0.345. The number of hydrogen-bond donors (Lipinski definition) is 2. The third-order valence-corrected chi connectivity index (χ3v) is 5.28. The Kier molecular flexibility index (Phi) is 5.01. The van der Waals surface area contributed by atoms with Crippen LogP contribution in [0.4, 0.5) is 5.69 Å². The van der Waals surface area contributed by atoms with Crippen LogP contribution < -0.4 is 10.0 Å². The molecule has 1 aliphatic heterocycles. The molecule has 2 rings (SSSR count). The molecule has 0 amide bonds. The van der Waals surface area contributed by atoms with Crippen molar-refractivity contribution in [3.05, 3.63) is 24.3 Å². The van der Waals surface area contributed by atoms with E-state index in [1.807, 2.05) is 12.1 Å². The molecule has 1 aromatic carbocycles. The molecular formula is C14H23N3O2S. The Bertz CT molecular complexity index is 528. The highest BCUT2D eigenvalue weighted by molar-refractivity contribution is 7.89. The summed E-state index contributed by atoms with van der Waals surface area (Å²) in [5.41, 5.74) is 0.968. The number of likely N-dealkylation sites (tertiary alicyclic amines) is 1. The van der Waals surface area contributed by atoms with Crippen LogP contribution in [-0.2, 0) is 10.0 Å². The third kappa shape index (κ3) is 3.71. The lowest BCUT2D eigenvalue weighted by atomic mass is 10.1. The van der Waals surface area contributed by atoms with Crippen molar-refractivity contribution in [1.82, 2.24) is 9.62 Å². The van der Waals surface area contributed by atoms with Crippen LogP contribution in [0.25, 0.3) is 0 Å². The summed E-state index contributed by atoms with van der Waals surface area (Å²) in [4.78, 5) is 2.75. The molecule has 1 heterocycles. The molecule has 0 aliphatic carbocycles. The molecule has 0 bridgehead atoms. The van der Waals surface area contributed by atoms with Gasteiger partial charge in [0, 0.05) is 18.8 Å². The molecule has 0 saturated carbocycles. The van der Waals surface area contributed by atoms with Crippen molar-refractivity contribution in [3.8, 4) is 0 Å². The van der Waals surface area contributed by atoms with Crippen LogP contribution in [0.2, 0.25) is 0 Å². The summed E-state index contributed by atoms with van der Waals surface area (Å²) in [7, 11) is -1.92. The lowest BCUT2D eigenvalue weighted by Gasteiger charge is -2.14. The molecule has 112 valence electrons. The first kappa shape index (κ1) is 15.3. The van der Waals surface area contributed by atoms with Gasteiger partial charge in [0.25, 0.3) is 0 Å². The molecule has 1 atom stereocenters. The Morgan fingerprint density at radius 1 is 1.30 bits per heavy atom. The maximum Gasteiger partial charge on any atom is 0.240 e. The summed E-state index contributed by atoms with van der Waals surface area (Å²) < 4.78 is 25.5. The van der Waals surface area contributed by atoms with E-state index in [4.69, 9.17) is 0 Å². The van der Waals surface area contributed by atoms with Crippen LogP contribution in [0.3, 0.4) is 0 Å². The number of hydrogen-bond acceptors (Lipinski definition) is 4. The van der Waals surface area contributed by atoms with Gasteiger partial charge in [0.2, 0.25) is 10.0 Å². The second kappa shape index (κ2) is 6.56. The van der Waals surface area contributed by atoms with Gasteiger partial charge in [-0.15, -0.1) is 0 Å². The quantitative estimate of drug-likeness (QED) is 0.832. The van der Waals surface area contributed by atoms with Gasteiger partial charge in [0.1, 0.15) is 0 Å². The van der Waals surface area contributed by atoms with E-state index in [0.29, 0.717) is 10.8 Å². The predicted molar refractivity (Wildman–Crippen MR) is 81.4 cm³/mol. The number of sulfonamides is 1.